The molecular weight excluding hydrogens is 294 g/mol. The summed E-state index contributed by atoms with van der Waals surface area (Å²) in [5.74, 6) is 0.418. The average Bonchev–Trinajstić information content (AvgIpc) is 2.85. The number of nitrogens with one attached hydrogen (secondary N) is 3. The monoisotopic (exact) mass is 305 g/mol. The van der Waals surface area contributed by atoms with Crippen molar-refractivity contribution in [2.75, 3.05) is 0 Å². The van der Waals surface area contributed by atoms with Gasteiger partial charge in [0, 0.05) is 11.1 Å². The van der Waals surface area contributed by atoms with E-state index < -0.39 is 0 Å². The second-order valence-corrected chi connectivity index (χ2v) is 6.57. The number of hydrogen-bond acceptors (Lipinski definition) is 4. The van der Waals surface area contributed by atoms with Crippen molar-refractivity contribution < 1.29 is 0 Å². The average molecular weight is 305 g/mol. The van der Waals surface area contributed by atoms with Crippen molar-refractivity contribution in [2.24, 2.45) is 0 Å². The number of fused-ring (bicyclic) bond motifs is 1. The highest BCUT2D eigenvalue weighted by Gasteiger charge is 2.31. The van der Waals surface area contributed by atoms with Gasteiger partial charge in [-0.1, -0.05) is 48.3 Å². The third kappa shape index (κ3) is 1.91. The second-order valence-electron chi connectivity index (χ2n) is 4.48. The molecule has 0 unspecified atom stereocenters. The van der Waals surface area contributed by atoms with E-state index in [2.05, 4.69) is 24.5 Å². The Bertz CT molecular complexity index is 689. The second kappa shape index (κ2) is 4.40. The summed E-state index contributed by atoms with van der Waals surface area (Å²) in [7, 11) is 0. The van der Waals surface area contributed by atoms with Crippen molar-refractivity contribution in [3.05, 3.63) is 39.3 Å². The molecule has 0 amide bonds. The van der Waals surface area contributed by atoms with Gasteiger partial charge in [0.25, 0.3) is 0 Å². The number of amidine groups is 1. The van der Waals surface area contributed by atoms with Crippen molar-refractivity contribution in [3.63, 3.8) is 0 Å². The van der Waals surface area contributed by atoms with E-state index in [1.165, 1.54) is 22.9 Å². The van der Waals surface area contributed by atoms with Crippen molar-refractivity contribution >= 4 is 57.0 Å². The van der Waals surface area contributed by atoms with Crippen LogP contribution in [-0.2, 0) is 0 Å². The van der Waals surface area contributed by atoms with Crippen LogP contribution in [0.15, 0.2) is 17.0 Å². The van der Waals surface area contributed by atoms with E-state index in [4.69, 9.17) is 29.8 Å². The smallest absolute Gasteiger partial charge is 0.143 e. The van der Waals surface area contributed by atoms with E-state index >= 15 is 0 Å². The Hall–Kier alpha value is -1.24. The van der Waals surface area contributed by atoms with Crippen LogP contribution < -0.4 is 10.6 Å². The molecule has 6 heteroatoms. The molecule has 3 rings (SSSR count). The molecule has 1 fully saturated rings. The first-order chi connectivity index (χ1) is 8.99. The fourth-order valence-corrected chi connectivity index (χ4v) is 3.80. The van der Waals surface area contributed by atoms with Crippen LogP contribution in [0.1, 0.15) is 22.3 Å². The first-order valence-electron chi connectivity index (χ1n) is 5.73. The lowest BCUT2D eigenvalue weighted by Gasteiger charge is -2.09. The quantitative estimate of drug-likeness (QED) is 0.508. The van der Waals surface area contributed by atoms with Crippen LogP contribution >= 0.6 is 36.2 Å². The van der Waals surface area contributed by atoms with Gasteiger partial charge in [0.05, 0.1) is 10.6 Å². The predicted octanol–water partition coefficient (Wildman–Crippen LogP) is 2.85. The molecule has 0 atom stereocenters. The molecule has 1 saturated heterocycles. The molecule has 19 heavy (non-hydrogen) atoms. The number of aryl methyl sites for hydroxylation is 1. The molecule has 2 aliphatic rings. The summed E-state index contributed by atoms with van der Waals surface area (Å²) in [5, 5.41) is 14.2. The Morgan fingerprint density at radius 2 is 1.89 bits per heavy atom. The maximum absolute atomic E-state index is 8.06. The molecule has 0 aliphatic carbocycles. The summed E-state index contributed by atoms with van der Waals surface area (Å²) in [6, 6.07) is 4.02. The van der Waals surface area contributed by atoms with E-state index in [1.54, 1.807) is 0 Å². The van der Waals surface area contributed by atoms with Crippen molar-refractivity contribution in [1.29, 1.82) is 5.41 Å². The van der Waals surface area contributed by atoms with Crippen LogP contribution in [0.2, 0.25) is 0 Å². The molecule has 1 aromatic carbocycles. The van der Waals surface area contributed by atoms with E-state index in [1.807, 2.05) is 12.1 Å². The van der Waals surface area contributed by atoms with Crippen molar-refractivity contribution in [3.8, 4) is 0 Å². The zero-order chi connectivity index (χ0) is 13.7. The van der Waals surface area contributed by atoms with Gasteiger partial charge < -0.3 is 10.6 Å². The lowest BCUT2D eigenvalue weighted by Crippen LogP contribution is -2.18. The third-order valence-electron chi connectivity index (χ3n) is 3.35. The van der Waals surface area contributed by atoms with E-state index in [9.17, 15) is 0 Å². The third-order valence-corrected chi connectivity index (χ3v) is 5.04. The van der Waals surface area contributed by atoms with Gasteiger partial charge in [-0.15, -0.1) is 0 Å². The van der Waals surface area contributed by atoms with Crippen LogP contribution in [-0.4, -0.2) is 15.1 Å². The summed E-state index contributed by atoms with van der Waals surface area (Å²) in [6.45, 7) is 4.15. The van der Waals surface area contributed by atoms with E-state index in [0.717, 1.165) is 21.7 Å². The number of thiocarbonyl (C=S) groups is 2. The minimum absolute atomic E-state index is 0.418. The van der Waals surface area contributed by atoms with Gasteiger partial charge in [0.15, 0.2) is 0 Å². The van der Waals surface area contributed by atoms with Gasteiger partial charge >= 0.3 is 0 Å². The fourth-order valence-electron chi connectivity index (χ4n) is 2.25. The summed E-state index contributed by atoms with van der Waals surface area (Å²) >= 11 is 11.9. The minimum Gasteiger partial charge on any atom is -0.339 e. The molecule has 96 valence electrons. The molecule has 2 heterocycles. The molecule has 0 radical (unpaired) electrons. The zero-order valence-corrected chi connectivity index (χ0v) is 12.8. The van der Waals surface area contributed by atoms with Crippen LogP contribution in [0, 0.1) is 19.3 Å². The van der Waals surface area contributed by atoms with Gasteiger partial charge in [-0.3, -0.25) is 5.41 Å². The molecule has 1 aromatic rings. The molecule has 2 aliphatic heterocycles. The van der Waals surface area contributed by atoms with Gasteiger partial charge in [-0.05, 0) is 25.0 Å². The van der Waals surface area contributed by atoms with Crippen LogP contribution in [0.25, 0.3) is 5.70 Å². The number of benzene rings is 1. The minimum atomic E-state index is 0.418. The summed E-state index contributed by atoms with van der Waals surface area (Å²) in [6.07, 6.45) is 0. The highest BCUT2D eigenvalue weighted by molar-refractivity contribution is 8.27. The van der Waals surface area contributed by atoms with Crippen LogP contribution in [0.3, 0.4) is 0 Å². The van der Waals surface area contributed by atoms with E-state index in [-0.39, 0.29) is 0 Å². The zero-order valence-electron chi connectivity index (χ0n) is 10.4. The fraction of sp³-hybridized carbons (Fsp3) is 0.154. The highest BCUT2D eigenvalue weighted by Crippen LogP contribution is 2.37. The molecule has 0 aromatic heterocycles. The summed E-state index contributed by atoms with van der Waals surface area (Å²) in [4.78, 5) is 1.55. The standard InChI is InChI=1S/C13H11N3S3/c1-5-3-4-7-8(6(5)2)9(15-11(7)14)10-12(17)16-13(18)19-10/h3-4H,1-2H3,(H2,14,15)(H,16,17,18). The predicted molar refractivity (Wildman–Crippen MR) is 88.7 cm³/mol. The molecule has 0 bridgehead atoms. The Morgan fingerprint density at radius 3 is 2.53 bits per heavy atom. The molecular formula is C13H11N3S3. The summed E-state index contributed by atoms with van der Waals surface area (Å²) < 4.78 is 0.666. The van der Waals surface area contributed by atoms with Gasteiger partial charge in [0.1, 0.15) is 15.1 Å². The van der Waals surface area contributed by atoms with E-state index in [0.29, 0.717) is 15.1 Å². The lowest BCUT2D eigenvalue weighted by molar-refractivity contribution is 1.28. The van der Waals surface area contributed by atoms with Crippen LogP contribution in [0.4, 0.5) is 0 Å². The van der Waals surface area contributed by atoms with Crippen LogP contribution in [0.5, 0.6) is 0 Å². The number of hydrogen-bond donors (Lipinski definition) is 3. The Labute approximate surface area is 126 Å². The normalized spacial score (nSPS) is 21.5. The Kier molecular flexibility index (Phi) is 2.96. The van der Waals surface area contributed by atoms with Gasteiger partial charge in [0.2, 0.25) is 0 Å². The number of rotatable bonds is 0. The maximum Gasteiger partial charge on any atom is 0.143 e. The topological polar surface area (TPSA) is 47.9 Å². The highest BCUT2D eigenvalue weighted by atomic mass is 32.2. The first kappa shape index (κ1) is 12.8. The molecule has 3 nitrogen and oxygen atoms in total. The largest absolute Gasteiger partial charge is 0.339 e. The Balaban J connectivity index is 2.28. The maximum atomic E-state index is 8.06. The SMILES string of the molecule is Cc1ccc2c(c1C)C(=C1SC(=S)NC1=S)NC2=N. The van der Waals surface area contributed by atoms with Gasteiger partial charge in [-0.25, -0.2) is 0 Å². The summed E-state index contributed by atoms with van der Waals surface area (Å²) in [5.41, 5.74) is 5.28. The molecule has 0 saturated carbocycles. The molecule has 3 N–H and O–H groups in total. The van der Waals surface area contributed by atoms with Crippen molar-refractivity contribution in [2.45, 2.75) is 13.8 Å². The lowest BCUT2D eigenvalue weighted by atomic mass is 9.97. The molecule has 0 spiro atoms. The Morgan fingerprint density at radius 1 is 1.16 bits per heavy atom. The number of thioether (sulfide) groups is 1. The van der Waals surface area contributed by atoms with Gasteiger partial charge in [-0.2, -0.15) is 0 Å². The first-order valence-corrected chi connectivity index (χ1v) is 7.36. The van der Waals surface area contributed by atoms with Crippen molar-refractivity contribution in [1.82, 2.24) is 10.6 Å².